The summed E-state index contributed by atoms with van der Waals surface area (Å²) in [5.74, 6) is 0.370. The Morgan fingerprint density at radius 3 is 2.26 bits per heavy atom. The van der Waals surface area contributed by atoms with Crippen LogP contribution in [-0.4, -0.2) is 28.2 Å². The summed E-state index contributed by atoms with van der Waals surface area (Å²) in [6.45, 7) is 1.22. The molecule has 0 aliphatic carbocycles. The Kier molecular flexibility index (Phi) is 6.96. The second-order valence-corrected chi connectivity index (χ2v) is 9.01. The van der Waals surface area contributed by atoms with Gasteiger partial charge in [-0.3, -0.25) is 9.59 Å². The first-order chi connectivity index (χ1) is 15.2. The van der Waals surface area contributed by atoms with Crippen molar-refractivity contribution in [3.05, 3.63) is 105 Å². The summed E-state index contributed by atoms with van der Waals surface area (Å²) in [6, 6.07) is 21.1. The first kappa shape index (κ1) is 21.1. The molecule has 5 nitrogen and oxygen atoms in total. The van der Waals surface area contributed by atoms with Crippen LogP contribution in [-0.2, 0) is 24.4 Å². The maximum atomic E-state index is 13.4. The third-order valence-electron chi connectivity index (χ3n) is 4.77. The lowest BCUT2D eigenvalue weighted by atomic mass is 10.2. The SMILES string of the molecule is O=C(CN(Cc1ccco1)C(=O)c1cccs1)N(Cc1ccccc1)Cc1cccs1. The van der Waals surface area contributed by atoms with E-state index in [0.717, 1.165) is 10.4 Å². The highest BCUT2D eigenvalue weighted by atomic mass is 32.1. The topological polar surface area (TPSA) is 53.8 Å². The van der Waals surface area contributed by atoms with Gasteiger partial charge in [0.1, 0.15) is 12.3 Å². The number of carbonyl (C=O) groups excluding carboxylic acids is 2. The van der Waals surface area contributed by atoms with Gasteiger partial charge >= 0.3 is 0 Å². The Balaban J connectivity index is 1.54. The van der Waals surface area contributed by atoms with Crippen molar-refractivity contribution in [2.45, 2.75) is 19.6 Å². The van der Waals surface area contributed by atoms with E-state index in [2.05, 4.69) is 0 Å². The molecule has 0 saturated heterocycles. The van der Waals surface area contributed by atoms with Crippen LogP contribution in [0.5, 0.6) is 0 Å². The highest BCUT2D eigenvalue weighted by molar-refractivity contribution is 7.12. The second-order valence-electron chi connectivity index (χ2n) is 7.03. The van der Waals surface area contributed by atoms with Crippen molar-refractivity contribution in [2.24, 2.45) is 0 Å². The van der Waals surface area contributed by atoms with Gasteiger partial charge in [-0.25, -0.2) is 0 Å². The molecule has 0 radical (unpaired) electrons. The van der Waals surface area contributed by atoms with Crippen LogP contribution < -0.4 is 0 Å². The number of hydrogen-bond donors (Lipinski definition) is 0. The Morgan fingerprint density at radius 1 is 0.774 bits per heavy atom. The van der Waals surface area contributed by atoms with Crippen molar-refractivity contribution in [2.75, 3.05) is 6.54 Å². The van der Waals surface area contributed by atoms with Crippen LogP contribution in [0.15, 0.2) is 88.2 Å². The number of thiophene rings is 2. The van der Waals surface area contributed by atoms with E-state index in [9.17, 15) is 9.59 Å². The molecule has 0 N–H and O–H groups in total. The van der Waals surface area contributed by atoms with Crippen molar-refractivity contribution >= 4 is 34.5 Å². The molecule has 7 heteroatoms. The third-order valence-corrected chi connectivity index (χ3v) is 6.49. The Bertz CT molecular complexity index is 1080. The Morgan fingerprint density at radius 2 is 1.58 bits per heavy atom. The zero-order valence-electron chi connectivity index (χ0n) is 16.8. The molecule has 0 aliphatic rings. The summed E-state index contributed by atoms with van der Waals surface area (Å²) in [4.78, 5) is 31.6. The lowest BCUT2D eigenvalue weighted by Gasteiger charge is -2.27. The van der Waals surface area contributed by atoms with Crippen LogP contribution in [0.4, 0.5) is 0 Å². The number of benzene rings is 1. The monoisotopic (exact) mass is 450 g/mol. The van der Waals surface area contributed by atoms with E-state index in [-0.39, 0.29) is 24.9 Å². The maximum absolute atomic E-state index is 13.4. The smallest absolute Gasteiger partial charge is 0.264 e. The molecule has 0 aliphatic heterocycles. The zero-order chi connectivity index (χ0) is 21.5. The summed E-state index contributed by atoms with van der Waals surface area (Å²) in [7, 11) is 0. The minimum Gasteiger partial charge on any atom is -0.467 e. The molecule has 158 valence electrons. The molecule has 0 saturated carbocycles. The summed E-state index contributed by atoms with van der Waals surface area (Å²) < 4.78 is 5.44. The summed E-state index contributed by atoms with van der Waals surface area (Å²) in [5, 5.41) is 3.86. The van der Waals surface area contributed by atoms with Gasteiger partial charge in [-0.1, -0.05) is 42.5 Å². The van der Waals surface area contributed by atoms with Crippen molar-refractivity contribution in [1.29, 1.82) is 0 Å². The molecule has 0 bridgehead atoms. The molecular formula is C24H22N2O3S2. The Labute approximate surface area is 189 Å². The first-order valence-corrected chi connectivity index (χ1v) is 11.6. The molecule has 0 atom stereocenters. The van der Waals surface area contributed by atoms with Gasteiger partial charge in [-0.05, 0) is 40.6 Å². The molecule has 4 rings (SSSR count). The molecule has 31 heavy (non-hydrogen) atoms. The van der Waals surface area contributed by atoms with Gasteiger partial charge in [0.2, 0.25) is 5.91 Å². The van der Waals surface area contributed by atoms with Crippen molar-refractivity contribution in [3.63, 3.8) is 0 Å². The van der Waals surface area contributed by atoms with E-state index in [1.54, 1.807) is 39.5 Å². The van der Waals surface area contributed by atoms with Crippen LogP contribution in [0.1, 0.15) is 25.9 Å². The largest absolute Gasteiger partial charge is 0.467 e. The number of hydrogen-bond acceptors (Lipinski definition) is 5. The molecule has 1 aromatic carbocycles. The predicted molar refractivity (Wildman–Crippen MR) is 123 cm³/mol. The van der Waals surface area contributed by atoms with E-state index in [1.165, 1.54) is 11.3 Å². The van der Waals surface area contributed by atoms with Gasteiger partial charge in [0, 0.05) is 11.4 Å². The first-order valence-electron chi connectivity index (χ1n) is 9.88. The van der Waals surface area contributed by atoms with Gasteiger partial charge in [0.15, 0.2) is 0 Å². The fourth-order valence-electron chi connectivity index (χ4n) is 3.24. The summed E-state index contributed by atoms with van der Waals surface area (Å²) in [5.41, 5.74) is 1.05. The molecule has 3 heterocycles. The average Bonchev–Trinajstić information content (AvgIpc) is 3.56. The van der Waals surface area contributed by atoms with E-state index in [1.807, 2.05) is 65.4 Å². The average molecular weight is 451 g/mol. The van der Waals surface area contributed by atoms with E-state index in [0.29, 0.717) is 23.7 Å². The molecule has 0 unspecified atom stereocenters. The second kappa shape index (κ2) is 10.2. The van der Waals surface area contributed by atoms with E-state index < -0.39 is 0 Å². The normalized spacial score (nSPS) is 10.7. The summed E-state index contributed by atoms with van der Waals surface area (Å²) >= 11 is 2.99. The standard InChI is InChI=1S/C24H22N2O3S2/c27-23(25(17-21-10-5-13-30-21)15-19-7-2-1-3-8-19)18-26(16-20-9-4-12-29-20)24(28)22-11-6-14-31-22/h1-14H,15-18H2. The Hall–Kier alpha value is -3.16. The number of amides is 2. The minimum absolute atomic E-state index is 0.0182. The highest BCUT2D eigenvalue weighted by Crippen LogP contribution is 2.18. The fourth-order valence-corrected chi connectivity index (χ4v) is 4.65. The summed E-state index contributed by atoms with van der Waals surface area (Å²) in [6.07, 6.45) is 1.57. The van der Waals surface area contributed by atoms with Crippen LogP contribution in [0.3, 0.4) is 0 Å². The molecule has 2 amide bonds. The van der Waals surface area contributed by atoms with E-state index >= 15 is 0 Å². The van der Waals surface area contributed by atoms with Gasteiger partial charge < -0.3 is 14.2 Å². The van der Waals surface area contributed by atoms with Gasteiger partial charge in [0.05, 0.1) is 24.2 Å². The van der Waals surface area contributed by atoms with Gasteiger partial charge in [-0.15, -0.1) is 22.7 Å². The van der Waals surface area contributed by atoms with Crippen molar-refractivity contribution in [3.8, 4) is 0 Å². The lowest BCUT2D eigenvalue weighted by Crippen LogP contribution is -2.41. The molecular weight excluding hydrogens is 428 g/mol. The molecule has 0 spiro atoms. The molecule has 4 aromatic rings. The van der Waals surface area contributed by atoms with Crippen molar-refractivity contribution < 1.29 is 14.0 Å². The van der Waals surface area contributed by atoms with Gasteiger partial charge in [-0.2, -0.15) is 0 Å². The highest BCUT2D eigenvalue weighted by Gasteiger charge is 2.24. The number of carbonyl (C=O) groups is 2. The lowest BCUT2D eigenvalue weighted by molar-refractivity contribution is -0.133. The van der Waals surface area contributed by atoms with Crippen molar-refractivity contribution in [1.82, 2.24) is 9.80 Å². The van der Waals surface area contributed by atoms with Crippen LogP contribution in [0.2, 0.25) is 0 Å². The maximum Gasteiger partial charge on any atom is 0.264 e. The predicted octanol–water partition coefficient (Wildman–Crippen LogP) is 5.27. The van der Waals surface area contributed by atoms with E-state index in [4.69, 9.17) is 4.42 Å². The quantitative estimate of drug-likeness (QED) is 0.349. The fraction of sp³-hybridized carbons (Fsp3) is 0.167. The van der Waals surface area contributed by atoms with Crippen LogP contribution in [0, 0.1) is 0 Å². The zero-order valence-corrected chi connectivity index (χ0v) is 18.5. The molecule has 0 fully saturated rings. The number of furan rings is 1. The van der Waals surface area contributed by atoms with Gasteiger partial charge in [0.25, 0.3) is 5.91 Å². The number of rotatable bonds is 9. The third kappa shape index (κ3) is 5.71. The molecule has 3 aromatic heterocycles. The van der Waals surface area contributed by atoms with Crippen LogP contribution in [0.25, 0.3) is 0 Å². The number of nitrogens with zero attached hydrogens (tertiary/aromatic N) is 2. The minimum atomic E-state index is -0.171. The van der Waals surface area contributed by atoms with Crippen LogP contribution >= 0.6 is 22.7 Å².